The highest BCUT2D eigenvalue weighted by Crippen LogP contribution is 2.36. The van der Waals surface area contributed by atoms with E-state index in [0.29, 0.717) is 18.4 Å². The Bertz CT molecular complexity index is 1180. The van der Waals surface area contributed by atoms with Gasteiger partial charge in [-0.05, 0) is 30.3 Å². The van der Waals surface area contributed by atoms with Gasteiger partial charge in [0.1, 0.15) is 12.1 Å². The Labute approximate surface area is 255 Å². The average Bonchev–Trinajstić information content (AvgIpc) is 3.52. The van der Waals surface area contributed by atoms with Gasteiger partial charge in [-0.2, -0.15) is 0 Å². The van der Waals surface area contributed by atoms with Crippen LogP contribution in [0.1, 0.15) is 74.7 Å². The van der Waals surface area contributed by atoms with Gasteiger partial charge in [0.15, 0.2) is 5.78 Å². The van der Waals surface area contributed by atoms with Gasteiger partial charge in [-0.3, -0.25) is 24.0 Å². The lowest BCUT2D eigenvalue weighted by Gasteiger charge is -2.36. The van der Waals surface area contributed by atoms with Crippen LogP contribution in [0.15, 0.2) is 30.0 Å². The van der Waals surface area contributed by atoms with Crippen molar-refractivity contribution in [1.82, 2.24) is 26.2 Å². The molecule has 0 radical (unpaired) electrons. The molecule has 11 heteroatoms. The van der Waals surface area contributed by atoms with E-state index in [-0.39, 0.29) is 43.0 Å². The fourth-order valence-electron chi connectivity index (χ4n) is 5.32. The summed E-state index contributed by atoms with van der Waals surface area (Å²) in [6.07, 6.45) is 4.65. The van der Waals surface area contributed by atoms with Gasteiger partial charge in [-0.15, -0.1) is 12.3 Å². The number of fused-ring (bicyclic) bond motifs is 1. The van der Waals surface area contributed by atoms with Gasteiger partial charge in [0.2, 0.25) is 17.6 Å². The molecule has 1 saturated heterocycles. The van der Waals surface area contributed by atoms with Crippen LogP contribution >= 0.6 is 0 Å². The van der Waals surface area contributed by atoms with Crippen LogP contribution in [0.2, 0.25) is 0 Å². The molecule has 0 aromatic heterocycles. The first kappa shape index (κ1) is 35.5. The summed E-state index contributed by atoms with van der Waals surface area (Å²) >= 11 is 0. The van der Waals surface area contributed by atoms with Crippen LogP contribution in [0.3, 0.4) is 0 Å². The highest BCUT2D eigenvalue weighted by Gasteiger charge is 2.49. The number of rotatable bonds is 14. The third-order valence-corrected chi connectivity index (χ3v) is 7.72. The average molecular weight is 600 g/mol. The minimum Gasteiger partial charge on any atom is -0.346 e. The van der Waals surface area contributed by atoms with Crippen LogP contribution in [-0.2, 0) is 24.0 Å². The van der Waals surface area contributed by atoms with E-state index >= 15 is 0 Å². The minimum absolute atomic E-state index is 0.110. The molecule has 0 aromatic carbocycles. The van der Waals surface area contributed by atoms with Crippen LogP contribution in [0.5, 0.6) is 0 Å². The van der Waals surface area contributed by atoms with E-state index in [1.54, 1.807) is 34.6 Å². The largest absolute Gasteiger partial charge is 0.346 e. The van der Waals surface area contributed by atoms with E-state index in [1.165, 1.54) is 11.0 Å². The minimum atomic E-state index is -1.07. The van der Waals surface area contributed by atoms with Gasteiger partial charge < -0.3 is 26.2 Å². The van der Waals surface area contributed by atoms with Gasteiger partial charge in [0.05, 0.1) is 12.1 Å². The van der Waals surface area contributed by atoms with E-state index in [1.807, 2.05) is 26.8 Å². The molecule has 11 nitrogen and oxygen atoms in total. The molecule has 0 aromatic rings. The highest BCUT2D eigenvalue weighted by molar-refractivity contribution is 6.38. The number of nitrogens with one attached hydrogen (secondary N) is 4. The predicted molar refractivity (Wildman–Crippen MR) is 164 cm³/mol. The van der Waals surface area contributed by atoms with Crippen LogP contribution in [0.25, 0.3) is 0 Å². The number of nitrogens with zero attached hydrogens (tertiary/aromatic N) is 1. The zero-order valence-corrected chi connectivity index (χ0v) is 26.8. The van der Waals surface area contributed by atoms with Crippen molar-refractivity contribution in [3.05, 3.63) is 30.0 Å². The molecular weight excluding hydrogens is 550 g/mol. The Morgan fingerprint density at radius 1 is 1.07 bits per heavy atom. The molecule has 1 heterocycles. The number of hydrogen-bond donors (Lipinski definition) is 4. The molecule has 1 unspecified atom stereocenters. The van der Waals surface area contributed by atoms with Gasteiger partial charge in [-0.1, -0.05) is 67.9 Å². The molecule has 1 aliphatic heterocycles. The number of likely N-dealkylation sites (tertiary alicyclic amines) is 1. The third kappa shape index (κ3) is 8.89. The Hall–Kier alpha value is -3.72. The number of urea groups is 1. The summed E-state index contributed by atoms with van der Waals surface area (Å²) in [7, 11) is 0. The summed E-state index contributed by atoms with van der Waals surface area (Å²) in [5.41, 5.74) is 3.00. The van der Waals surface area contributed by atoms with E-state index in [0.717, 1.165) is 0 Å². The van der Waals surface area contributed by atoms with Crippen molar-refractivity contribution in [3.8, 4) is 0 Å². The molecule has 238 valence electrons. The van der Waals surface area contributed by atoms with Crippen molar-refractivity contribution >= 4 is 35.3 Å². The van der Waals surface area contributed by atoms with E-state index in [4.69, 9.17) is 0 Å². The molecule has 5 amide bonds. The maximum atomic E-state index is 14.2. The molecule has 43 heavy (non-hydrogen) atoms. The second kappa shape index (κ2) is 15.1. The number of ketones is 2. The topological polar surface area (TPSA) is 154 Å². The van der Waals surface area contributed by atoms with Crippen LogP contribution in [0.4, 0.5) is 4.79 Å². The highest BCUT2D eigenvalue weighted by atomic mass is 16.2. The quantitative estimate of drug-likeness (QED) is 0.137. The van der Waals surface area contributed by atoms with E-state index < -0.39 is 59.1 Å². The molecule has 1 fully saturated rings. The summed E-state index contributed by atoms with van der Waals surface area (Å²) in [4.78, 5) is 80.5. The second-order valence-corrected chi connectivity index (χ2v) is 13.0. The summed E-state index contributed by atoms with van der Waals surface area (Å²) in [5.74, 6) is -3.33. The van der Waals surface area contributed by atoms with Crippen molar-refractivity contribution in [2.75, 3.05) is 13.1 Å². The van der Waals surface area contributed by atoms with Crippen molar-refractivity contribution in [1.29, 1.82) is 0 Å². The first-order valence-corrected chi connectivity index (χ1v) is 15.1. The monoisotopic (exact) mass is 599 g/mol. The number of carbonyl (C=O) groups is 6. The molecule has 2 rings (SSSR count). The fourth-order valence-corrected chi connectivity index (χ4v) is 5.32. The maximum absolute atomic E-state index is 14.2. The lowest BCUT2D eigenvalue weighted by Crippen LogP contribution is -2.61. The standard InChI is InChI=1S/C32H49N5O6/c1-10-13-22(26(39)29(41)33-16-11-2)34-28(40)24-21-15-12-14-20(21)17-37(24)30(42)27(32(7,8)9)36-31(43)35-23(18(3)4)25(38)19(5)6/h11-12,18-20,22-24,27H,2,10,13-14,16-17H2,1,3-9H3,(H,33,41)(H,34,40)(H2,35,36,43)/t20-,22?,23-,24-,27+/m0/s1. The Balaban J connectivity index is 2.34. The molecule has 0 bridgehead atoms. The van der Waals surface area contributed by atoms with Gasteiger partial charge in [-0.25, -0.2) is 4.79 Å². The third-order valence-electron chi connectivity index (χ3n) is 7.72. The van der Waals surface area contributed by atoms with Crippen molar-refractivity contribution < 1.29 is 28.8 Å². The van der Waals surface area contributed by atoms with Crippen LogP contribution < -0.4 is 21.3 Å². The van der Waals surface area contributed by atoms with Gasteiger partial charge >= 0.3 is 6.03 Å². The van der Waals surface area contributed by atoms with Gasteiger partial charge in [0.25, 0.3) is 5.91 Å². The first-order chi connectivity index (χ1) is 20.0. The Morgan fingerprint density at radius 3 is 2.26 bits per heavy atom. The molecule has 4 N–H and O–H groups in total. The molecule has 5 atom stereocenters. The predicted octanol–water partition coefficient (Wildman–Crippen LogP) is 2.42. The number of hydrogen-bond acceptors (Lipinski definition) is 6. The summed E-state index contributed by atoms with van der Waals surface area (Å²) in [6, 6.07) is -4.55. The lowest BCUT2D eigenvalue weighted by atomic mass is 9.85. The maximum Gasteiger partial charge on any atom is 0.316 e. The second-order valence-electron chi connectivity index (χ2n) is 13.0. The molecule has 1 aliphatic carbocycles. The number of Topliss-reactive ketones (excluding diaryl/α,β-unsaturated/α-hetero) is 2. The number of amides is 5. The first-order valence-electron chi connectivity index (χ1n) is 15.1. The Morgan fingerprint density at radius 2 is 1.72 bits per heavy atom. The van der Waals surface area contributed by atoms with Crippen LogP contribution in [-0.4, -0.2) is 77.5 Å². The smallest absolute Gasteiger partial charge is 0.316 e. The van der Waals surface area contributed by atoms with E-state index in [2.05, 4.69) is 33.6 Å². The summed E-state index contributed by atoms with van der Waals surface area (Å²) < 4.78 is 0. The summed E-state index contributed by atoms with van der Waals surface area (Å²) in [5, 5.41) is 10.7. The normalized spacial score (nSPS) is 19.7. The zero-order chi connectivity index (χ0) is 32.6. The molecular formula is C32H49N5O6. The fraction of sp³-hybridized carbons (Fsp3) is 0.656. The molecule has 0 saturated carbocycles. The van der Waals surface area contributed by atoms with E-state index in [9.17, 15) is 28.8 Å². The lowest BCUT2D eigenvalue weighted by molar-refractivity contribution is -0.143. The van der Waals surface area contributed by atoms with Gasteiger partial charge in [0, 0.05) is 30.5 Å². The van der Waals surface area contributed by atoms with Crippen molar-refractivity contribution in [2.45, 2.75) is 98.8 Å². The van der Waals surface area contributed by atoms with Crippen molar-refractivity contribution in [3.63, 3.8) is 0 Å². The van der Waals surface area contributed by atoms with Crippen LogP contribution in [0, 0.1) is 23.2 Å². The summed E-state index contributed by atoms with van der Waals surface area (Å²) in [6.45, 7) is 18.3. The SMILES string of the molecule is C=CCNC(=O)C(=O)C(CCC)NC(=O)[C@@H]1C2=C=CC[C@H]2CN1C(=O)[C@@H](NC(=O)N[C@H](C(=O)C(C)C)C(C)C)C(C)(C)C. The zero-order valence-electron chi connectivity index (χ0n) is 26.8. The Kier molecular flexibility index (Phi) is 12.5. The molecule has 2 aliphatic rings. The van der Waals surface area contributed by atoms with Crippen molar-refractivity contribution in [2.24, 2.45) is 23.2 Å². The molecule has 0 spiro atoms. The number of carbonyl (C=O) groups excluding carboxylic acids is 6.